The summed E-state index contributed by atoms with van der Waals surface area (Å²) in [6.07, 6.45) is 0.141. The molecule has 7 nitrogen and oxygen atoms in total. The van der Waals surface area contributed by atoms with Gasteiger partial charge in [-0.1, -0.05) is 107 Å². The molecule has 0 saturated carbocycles. The van der Waals surface area contributed by atoms with Gasteiger partial charge in [0, 0.05) is 28.5 Å². The molecule has 4 rings (SSSR count). The summed E-state index contributed by atoms with van der Waals surface area (Å²) in [7, 11) is -4.36. The van der Waals surface area contributed by atoms with Crippen LogP contribution in [0, 0.1) is 6.92 Å². The molecule has 2 amide bonds. The number of sulfonamides is 1. The van der Waals surface area contributed by atoms with Gasteiger partial charge in [-0.05, 0) is 75.2 Å². The first kappa shape index (κ1) is 36.6. The van der Waals surface area contributed by atoms with E-state index in [4.69, 9.17) is 46.4 Å². The molecule has 0 radical (unpaired) electrons. The Morgan fingerprint density at radius 2 is 1.49 bits per heavy atom. The number of hydrogen-bond acceptors (Lipinski definition) is 4. The molecule has 0 aliphatic rings. The van der Waals surface area contributed by atoms with E-state index in [-0.39, 0.29) is 38.6 Å². The number of hydrogen-bond donors (Lipinski definition) is 1. The molecule has 1 atom stereocenters. The van der Waals surface area contributed by atoms with Gasteiger partial charge in [0.2, 0.25) is 11.8 Å². The van der Waals surface area contributed by atoms with Gasteiger partial charge in [0.15, 0.2) is 0 Å². The van der Waals surface area contributed by atoms with Crippen molar-refractivity contribution in [3.63, 3.8) is 0 Å². The summed E-state index contributed by atoms with van der Waals surface area (Å²) in [4.78, 5) is 29.9. The Labute approximate surface area is 296 Å². The maximum absolute atomic E-state index is 14.6. The number of nitrogens with zero attached hydrogens (tertiary/aromatic N) is 2. The first-order valence-corrected chi connectivity index (χ1v) is 17.6. The molecule has 1 N–H and O–H groups in total. The van der Waals surface area contributed by atoms with E-state index >= 15 is 0 Å². The second kappa shape index (κ2) is 15.3. The fourth-order valence-electron chi connectivity index (χ4n) is 4.88. The van der Waals surface area contributed by atoms with Gasteiger partial charge in [-0.3, -0.25) is 13.9 Å². The topological polar surface area (TPSA) is 86.8 Å². The minimum absolute atomic E-state index is 0.0105. The molecule has 4 aromatic rings. The maximum Gasteiger partial charge on any atom is 0.264 e. The Balaban J connectivity index is 1.87. The number of carbonyl (C=O) groups excluding carboxylic acids is 2. The Kier molecular flexibility index (Phi) is 11.9. The zero-order chi connectivity index (χ0) is 34.5. The second-order valence-electron chi connectivity index (χ2n) is 12.1. The third kappa shape index (κ3) is 9.42. The molecule has 0 spiro atoms. The van der Waals surface area contributed by atoms with E-state index in [0.717, 1.165) is 15.4 Å². The predicted octanol–water partition coefficient (Wildman–Crippen LogP) is 8.36. The maximum atomic E-state index is 14.6. The van der Waals surface area contributed by atoms with Crippen molar-refractivity contribution in [2.24, 2.45) is 0 Å². The number of rotatable bonds is 11. The summed E-state index contributed by atoms with van der Waals surface area (Å²) < 4.78 is 29.4. The van der Waals surface area contributed by atoms with E-state index in [2.05, 4.69) is 5.32 Å². The summed E-state index contributed by atoms with van der Waals surface area (Å²) in [6, 6.07) is 23.8. The van der Waals surface area contributed by atoms with Crippen molar-refractivity contribution in [1.29, 1.82) is 0 Å². The van der Waals surface area contributed by atoms with E-state index in [1.807, 2.05) is 58.0 Å². The molecule has 0 aliphatic carbocycles. The van der Waals surface area contributed by atoms with Crippen molar-refractivity contribution >= 4 is 73.9 Å². The van der Waals surface area contributed by atoms with Crippen molar-refractivity contribution in [3.05, 3.63) is 128 Å². The zero-order valence-corrected chi connectivity index (χ0v) is 30.1. The fraction of sp³-hybridized carbons (Fsp3) is 0.257. The van der Waals surface area contributed by atoms with Gasteiger partial charge in [-0.15, -0.1) is 0 Å². The van der Waals surface area contributed by atoms with Crippen LogP contribution in [0.2, 0.25) is 20.1 Å². The second-order valence-corrected chi connectivity index (χ2v) is 15.6. The van der Waals surface area contributed by atoms with Crippen LogP contribution in [0.5, 0.6) is 0 Å². The molecular formula is C35H35Cl4N3O4S. The first-order valence-electron chi connectivity index (χ1n) is 14.7. The van der Waals surface area contributed by atoms with Crippen LogP contribution in [0.4, 0.5) is 5.69 Å². The average molecular weight is 736 g/mol. The highest BCUT2D eigenvalue weighted by atomic mass is 35.5. The van der Waals surface area contributed by atoms with Crippen molar-refractivity contribution in [1.82, 2.24) is 10.2 Å². The minimum atomic E-state index is -4.36. The molecule has 248 valence electrons. The summed E-state index contributed by atoms with van der Waals surface area (Å²) >= 11 is 25.6. The smallest absolute Gasteiger partial charge is 0.264 e. The Morgan fingerprint density at radius 3 is 2.11 bits per heavy atom. The molecular weight excluding hydrogens is 700 g/mol. The molecule has 12 heteroatoms. The van der Waals surface area contributed by atoms with Crippen LogP contribution >= 0.6 is 46.4 Å². The van der Waals surface area contributed by atoms with Gasteiger partial charge in [-0.2, -0.15) is 0 Å². The Morgan fingerprint density at radius 1 is 0.830 bits per heavy atom. The molecule has 0 bridgehead atoms. The third-order valence-corrected chi connectivity index (χ3v) is 10.4. The number of carbonyl (C=O) groups is 2. The highest BCUT2D eigenvalue weighted by Crippen LogP contribution is 2.36. The lowest BCUT2D eigenvalue weighted by Gasteiger charge is -2.35. The summed E-state index contributed by atoms with van der Waals surface area (Å²) in [5.74, 6) is -1.10. The molecule has 0 heterocycles. The quantitative estimate of drug-likeness (QED) is 0.168. The van der Waals surface area contributed by atoms with E-state index in [1.165, 1.54) is 29.2 Å². The lowest BCUT2D eigenvalue weighted by molar-refractivity contribution is -0.140. The summed E-state index contributed by atoms with van der Waals surface area (Å²) in [6.45, 7) is 6.53. The number of halogens is 4. The van der Waals surface area contributed by atoms with Crippen LogP contribution < -0.4 is 9.62 Å². The molecule has 0 fully saturated rings. The molecule has 0 unspecified atom stereocenters. The van der Waals surface area contributed by atoms with E-state index in [9.17, 15) is 18.0 Å². The molecule has 0 aliphatic heterocycles. The van der Waals surface area contributed by atoms with Gasteiger partial charge < -0.3 is 10.2 Å². The van der Waals surface area contributed by atoms with Crippen LogP contribution in [0.3, 0.4) is 0 Å². The van der Waals surface area contributed by atoms with Crippen molar-refractivity contribution in [2.45, 2.75) is 57.1 Å². The Hall–Kier alpha value is -3.27. The Bertz CT molecular complexity index is 1850. The molecule has 4 aromatic carbocycles. The monoisotopic (exact) mass is 733 g/mol. The predicted molar refractivity (Wildman–Crippen MR) is 191 cm³/mol. The molecule has 47 heavy (non-hydrogen) atoms. The fourth-order valence-corrected chi connectivity index (χ4v) is 7.22. The van der Waals surface area contributed by atoms with Crippen LogP contribution in [-0.2, 0) is 32.6 Å². The molecule has 0 aromatic heterocycles. The highest BCUT2D eigenvalue weighted by Gasteiger charge is 2.36. The van der Waals surface area contributed by atoms with Crippen LogP contribution in [0.15, 0.2) is 95.9 Å². The number of nitrogens with one attached hydrogen (secondary N) is 1. The number of amides is 2. The lowest BCUT2D eigenvalue weighted by atomic mass is 10.0. The van der Waals surface area contributed by atoms with Gasteiger partial charge in [-0.25, -0.2) is 8.42 Å². The van der Waals surface area contributed by atoms with Crippen molar-refractivity contribution in [2.75, 3.05) is 10.8 Å². The van der Waals surface area contributed by atoms with Gasteiger partial charge in [0.1, 0.15) is 12.6 Å². The van der Waals surface area contributed by atoms with E-state index in [1.54, 1.807) is 36.4 Å². The van der Waals surface area contributed by atoms with Crippen LogP contribution in [0.1, 0.15) is 37.5 Å². The number of aryl methyl sites for hydroxylation is 1. The third-order valence-electron chi connectivity index (χ3n) is 7.21. The minimum Gasteiger partial charge on any atom is -0.350 e. The lowest BCUT2D eigenvalue weighted by Crippen LogP contribution is -2.56. The van der Waals surface area contributed by atoms with E-state index < -0.39 is 40.0 Å². The number of anilines is 1. The van der Waals surface area contributed by atoms with Gasteiger partial charge >= 0.3 is 0 Å². The summed E-state index contributed by atoms with van der Waals surface area (Å²) in [5.41, 5.74) is 1.54. The van der Waals surface area contributed by atoms with Gasteiger partial charge in [0.05, 0.1) is 20.6 Å². The summed E-state index contributed by atoms with van der Waals surface area (Å²) in [5, 5.41) is 3.73. The number of benzene rings is 4. The standard InChI is InChI=1S/C35H35Cl4N3O4S/c1-23-13-17-27(18-14-23)47(45,46)42(30-12-8-11-28(37)33(30)39)22-32(43)41(21-25-15-16-26(36)20-29(25)38)31(34(44)40-35(2,3)4)19-24-9-6-5-7-10-24/h5-18,20,31H,19,21-22H2,1-4H3,(H,40,44)/t31-/m0/s1. The molecule has 0 saturated heterocycles. The highest BCUT2D eigenvalue weighted by molar-refractivity contribution is 7.92. The largest absolute Gasteiger partial charge is 0.350 e. The van der Waals surface area contributed by atoms with Gasteiger partial charge in [0.25, 0.3) is 10.0 Å². The normalized spacial score (nSPS) is 12.3. The SMILES string of the molecule is Cc1ccc(S(=O)(=O)N(CC(=O)N(Cc2ccc(Cl)cc2Cl)[C@@H](Cc2ccccc2)C(=O)NC(C)(C)C)c2cccc(Cl)c2Cl)cc1. The van der Waals surface area contributed by atoms with Crippen molar-refractivity contribution in [3.8, 4) is 0 Å². The van der Waals surface area contributed by atoms with Crippen LogP contribution in [0.25, 0.3) is 0 Å². The van der Waals surface area contributed by atoms with Crippen molar-refractivity contribution < 1.29 is 18.0 Å². The van der Waals surface area contributed by atoms with Crippen LogP contribution in [-0.4, -0.2) is 43.3 Å². The average Bonchev–Trinajstić information content (AvgIpc) is 3.00. The van der Waals surface area contributed by atoms with E-state index in [0.29, 0.717) is 10.6 Å². The first-order chi connectivity index (χ1) is 22.1. The zero-order valence-electron chi connectivity index (χ0n) is 26.3.